The summed E-state index contributed by atoms with van der Waals surface area (Å²) in [5.74, 6) is 0. The van der Waals surface area contributed by atoms with Gasteiger partial charge < -0.3 is 5.32 Å². The largest absolute Gasteiger partial charge is 0.389 e. The molecule has 1 aromatic carbocycles. The van der Waals surface area contributed by atoms with Gasteiger partial charge >= 0.3 is 6.18 Å². The fourth-order valence-corrected chi connectivity index (χ4v) is 2.79. The summed E-state index contributed by atoms with van der Waals surface area (Å²) in [6, 6.07) is 3.44. The lowest BCUT2D eigenvalue weighted by Crippen LogP contribution is -2.20. The summed E-state index contributed by atoms with van der Waals surface area (Å²) in [5, 5.41) is 2.93. The molecule has 0 aliphatic heterocycles. The van der Waals surface area contributed by atoms with Crippen LogP contribution >= 0.6 is 31.9 Å². The first-order chi connectivity index (χ1) is 8.24. The van der Waals surface area contributed by atoms with Gasteiger partial charge in [-0.25, -0.2) is 0 Å². The molecule has 0 bridgehead atoms. The summed E-state index contributed by atoms with van der Waals surface area (Å²) >= 11 is 6.80. The van der Waals surface area contributed by atoms with E-state index >= 15 is 0 Å². The maximum atomic E-state index is 12.3. The van der Waals surface area contributed by atoms with Crippen LogP contribution < -0.4 is 5.32 Å². The van der Waals surface area contributed by atoms with Crippen LogP contribution in [0.3, 0.4) is 0 Å². The molecule has 1 unspecified atom stereocenters. The lowest BCUT2D eigenvalue weighted by molar-refractivity contribution is -0.136. The Morgan fingerprint density at radius 3 is 2.33 bits per heavy atom. The van der Waals surface area contributed by atoms with Gasteiger partial charge in [0.15, 0.2) is 0 Å². The molecule has 0 fully saturated rings. The van der Waals surface area contributed by atoms with Crippen LogP contribution in [0.4, 0.5) is 13.2 Å². The SMILES string of the molecule is CNC(CCC(F)(F)F)c1cc(Br)c(C)cc1Br. The number of nitrogens with one attached hydrogen (secondary N) is 1. The zero-order valence-corrected chi connectivity index (χ0v) is 13.2. The molecule has 0 spiro atoms. The number of hydrogen-bond donors (Lipinski definition) is 1. The van der Waals surface area contributed by atoms with Crippen LogP contribution in [0.15, 0.2) is 21.1 Å². The van der Waals surface area contributed by atoms with Gasteiger partial charge in [-0.15, -0.1) is 0 Å². The summed E-state index contributed by atoms with van der Waals surface area (Å²) < 4.78 is 38.5. The van der Waals surface area contributed by atoms with Crippen molar-refractivity contribution in [2.45, 2.75) is 32.0 Å². The third kappa shape index (κ3) is 4.55. The standard InChI is InChI=1S/C12H14Br2F3N/c1-7-5-10(14)8(6-9(7)13)11(18-2)3-4-12(15,16)17/h5-6,11,18H,3-4H2,1-2H3. The van der Waals surface area contributed by atoms with E-state index in [0.717, 1.165) is 20.1 Å². The Kier molecular flexibility index (Phi) is 5.67. The highest BCUT2D eigenvalue weighted by Gasteiger charge is 2.28. The molecule has 1 atom stereocenters. The van der Waals surface area contributed by atoms with Crippen molar-refractivity contribution in [3.63, 3.8) is 0 Å². The van der Waals surface area contributed by atoms with E-state index < -0.39 is 12.6 Å². The minimum absolute atomic E-state index is 0.0219. The molecule has 0 aromatic heterocycles. The molecule has 0 radical (unpaired) electrons. The minimum atomic E-state index is -4.12. The third-order valence-electron chi connectivity index (χ3n) is 2.72. The average Bonchev–Trinajstić information content (AvgIpc) is 2.24. The molecule has 1 aromatic rings. The van der Waals surface area contributed by atoms with E-state index in [0.29, 0.717) is 0 Å². The van der Waals surface area contributed by atoms with E-state index in [-0.39, 0.29) is 12.5 Å². The Hall–Kier alpha value is -0.0700. The van der Waals surface area contributed by atoms with Gasteiger partial charge in [-0.3, -0.25) is 0 Å². The van der Waals surface area contributed by atoms with Gasteiger partial charge in [-0.05, 0) is 43.7 Å². The molecule has 0 aliphatic carbocycles. The van der Waals surface area contributed by atoms with Gasteiger partial charge in [0.1, 0.15) is 0 Å². The van der Waals surface area contributed by atoms with Gasteiger partial charge in [-0.2, -0.15) is 13.2 Å². The number of halogens is 5. The Labute approximate surface area is 121 Å². The van der Waals surface area contributed by atoms with Gasteiger partial charge in [0.25, 0.3) is 0 Å². The van der Waals surface area contributed by atoms with E-state index in [1.54, 1.807) is 7.05 Å². The molecule has 0 aliphatic rings. The van der Waals surface area contributed by atoms with Crippen molar-refractivity contribution in [1.29, 1.82) is 0 Å². The first-order valence-electron chi connectivity index (χ1n) is 5.44. The lowest BCUT2D eigenvalue weighted by atomic mass is 10.0. The molecule has 1 N–H and O–H groups in total. The maximum Gasteiger partial charge on any atom is 0.389 e. The second-order valence-electron chi connectivity index (χ2n) is 4.12. The second kappa shape index (κ2) is 6.39. The Morgan fingerprint density at radius 1 is 1.22 bits per heavy atom. The molecular weight excluding hydrogens is 375 g/mol. The minimum Gasteiger partial charge on any atom is -0.313 e. The molecule has 6 heteroatoms. The van der Waals surface area contributed by atoms with E-state index in [1.165, 1.54) is 0 Å². The first-order valence-corrected chi connectivity index (χ1v) is 7.02. The second-order valence-corrected chi connectivity index (χ2v) is 5.83. The molecule has 0 saturated carbocycles. The number of hydrogen-bond acceptors (Lipinski definition) is 1. The van der Waals surface area contributed by atoms with Crippen molar-refractivity contribution in [1.82, 2.24) is 5.32 Å². The van der Waals surface area contributed by atoms with Gasteiger partial charge in [0.05, 0.1) is 0 Å². The molecular formula is C12H14Br2F3N. The number of rotatable bonds is 4. The summed E-state index contributed by atoms with van der Waals surface area (Å²) in [6.07, 6.45) is -4.89. The lowest BCUT2D eigenvalue weighted by Gasteiger charge is -2.20. The van der Waals surface area contributed by atoms with Gasteiger partial charge in [0, 0.05) is 21.4 Å². The Morgan fingerprint density at radius 2 is 1.83 bits per heavy atom. The molecule has 1 rings (SSSR count). The summed E-state index contributed by atoms with van der Waals surface area (Å²) in [6.45, 7) is 1.93. The van der Waals surface area contributed by atoms with Gasteiger partial charge in [0.2, 0.25) is 0 Å². The fourth-order valence-electron chi connectivity index (χ4n) is 1.69. The maximum absolute atomic E-state index is 12.3. The van der Waals surface area contributed by atoms with Crippen molar-refractivity contribution >= 4 is 31.9 Å². The normalized spacial score (nSPS) is 13.7. The van der Waals surface area contributed by atoms with Crippen LogP contribution in [0.1, 0.15) is 30.0 Å². The monoisotopic (exact) mass is 387 g/mol. The number of aryl methyl sites for hydroxylation is 1. The van der Waals surface area contributed by atoms with Crippen molar-refractivity contribution in [2.24, 2.45) is 0 Å². The third-order valence-corrected chi connectivity index (χ3v) is 4.26. The van der Waals surface area contributed by atoms with Crippen molar-refractivity contribution < 1.29 is 13.2 Å². The number of benzene rings is 1. The summed E-state index contributed by atoms with van der Waals surface area (Å²) in [7, 11) is 1.67. The van der Waals surface area contributed by atoms with Crippen molar-refractivity contribution in [2.75, 3.05) is 7.05 Å². The molecule has 1 nitrogen and oxygen atoms in total. The van der Waals surface area contributed by atoms with E-state index in [2.05, 4.69) is 37.2 Å². The molecule has 18 heavy (non-hydrogen) atoms. The molecule has 0 saturated heterocycles. The molecule has 102 valence electrons. The zero-order chi connectivity index (χ0) is 13.9. The quantitative estimate of drug-likeness (QED) is 0.754. The van der Waals surface area contributed by atoms with E-state index in [9.17, 15) is 13.2 Å². The topological polar surface area (TPSA) is 12.0 Å². The van der Waals surface area contributed by atoms with Gasteiger partial charge in [-0.1, -0.05) is 31.9 Å². The van der Waals surface area contributed by atoms with Crippen molar-refractivity contribution in [3.8, 4) is 0 Å². The summed E-state index contributed by atoms with van der Waals surface area (Å²) in [5.41, 5.74) is 1.87. The van der Waals surface area contributed by atoms with E-state index in [1.807, 2.05) is 19.1 Å². The highest BCUT2D eigenvalue weighted by atomic mass is 79.9. The Bertz CT molecular complexity index is 419. The van der Waals surface area contributed by atoms with Crippen LogP contribution in [0, 0.1) is 6.92 Å². The molecule has 0 heterocycles. The van der Waals surface area contributed by atoms with Crippen molar-refractivity contribution in [3.05, 3.63) is 32.2 Å². The predicted molar refractivity (Wildman–Crippen MR) is 73.7 cm³/mol. The predicted octanol–water partition coefficient (Wildman–Crippen LogP) is 5.12. The average molecular weight is 389 g/mol. The highest BCUT2D eigenvalue weighted by molar-refractivity contribution is 9.11. The van der Waals surface area contributed by atoms with Crippen LogP contribution in [0.25, 0.3) is 0 Å². The van der Waals surface area contributed by atoms with Crippen LogP contribution in [0.2, 0.25) is 0 Å². The zero-order valence-electron chi connectivity index (χ0n) is 10.0. The van der Waals surface area contributed by atoms with Crippen LogP contribution in [-0.4, -0.2) is 13.2 Å². The molecule has 0 amide bonds. The number of alkyl halides is 3. The van der Waals surface area contributed by atoms with Crippen LogP contribution in [0.5, 0.6) is 0 Å². The summed E-state index contributed by atoms with van der Waals surface area (Å²) in [4.78, 5) is 0. The smallest absolute Gasteiger partial charge is 0.313 e. The van der Waals surface area contributed by atoms with E-state index in [4.69, 9.17) is 0 Å². The highest BCUT2D eigenvalue weighted by Crippen LogP contribution is 2.33. The fraction of sp³-hybridized carbons (Fsp3) is 0.500. The first kappa shape index (κ1) is 16.0. The Balaban J connectivity index is 2.92. The van der Waals surface area contributed by atoms with Crippen LogP contribution in [-0.2, 0) is 0 Å².